The Labute approximate surface area is 768 Å². The fourth-order valence-electron chi connectivity index (χ4n) is 18.0. The third-order valence-electron chi connectivity index (χ3n) is 24.1. The largest absolute Gasteiger partial charge is 0.310 e. The van der Waals surface area contributed by atoms with Gasteiger partial charge in [0.25, 0.3) is 0 Å². The zero-order valence-electron chi connectivity index (χ0n) is 73.3. The first-order valence-electron chi connectivity index (χ1n) is 44.7. The van der Waals surface area contributed by atoms with E-state index in [0.717, 1.165) is 136 Å². The van der Waals surface area contributed by atoms with Crippen LogP contribution in [0.25, 0.3) is 32.3 Å². The zero-order chi connectivity index (χ0) is 88.2. The van der Waals surface area contributed by atoms with Gasteiger partial charge in [-0.05, 0) is 327 Å². The molecule has 21 aromatic rings. The molecule has 0 spiro atoms. The Hall–Kier alpha value is -17.2. The van der Waals surface area contributed by atoms with Crippen molar-refractivity contribution in [2.75, 3.05) is 39.2 Å². The molecule has 0 unspecified atom stereocenters. The number of aryl methyl sites for hydroxylation is 3. The molecule has 0 bridgehead atoms. The monoisotopic (exact) mass is 1680 g/mol. The number of fused-ring (bicyclic) bond motifs is 3. The van der Waals surface area contributed by atoms with Gasteiger partial charge in [0.1, 0.15) is 0 Å². The summed E-state index contributed by atoms with van der Waals surface area (Å²) in [5.41, 5.74) is 29.7. The summed E-state index contributed by atoms with van der Waals surface area (Å²) in [6, 6.07) is 189. The summed E-state index contributed by atoms with van der Waals surface area (Å²) in [5, 5.41) is 7.19. The molecule has 0 atom stereocenters. The number of nitrogens with zero attached hydrogens (tertiary/aromatic N) is 8. The van der Waals surface area contributed by atoms with Gasteiger partial charge < -0.3 is 39.2 Å². The molecule has 0 aliphatic carbocycles. The Morgan fingerprint density at radius 1 is 0.107 bits per heavy atom. The van der Waals surface area contributed by atoms with Crippen LogP contribution in [-0.4, -0.2) is 0 Å². The maximum atomic E-state index is 2.36. The maximum Gasteiger partial charge on any atom is 0.0540 e. The SMILES string of the molecule is Cc1cccc(N(c2ccccc2)c2ccc(N(c3ccc(N(c4ccccc4)c4cccc(C)c4)cc3)c3ccc(N(c4ccccc4)c4cccc(C)c4)cc3)cc2)c1.c1ccc(N(c2ccc(N(c3ccc(N(c4ccccc4)c4cccc5ccccc45)cc3)c3ccc(N(c4ccccc4)c4cccc5ccccc45)cc3)cc2)c2cccc3ccccc23)cc1. The molecule has 0 radical (unpaired) electrons. The Bertz CT molecular complexity index is 6690. The van der Waals surface area contributed by atoms with Crippen molar-refractivity contribution in [1.82, 2.24) is 0 Å². The van der Waals surface area contributed by atoms with Crippen molar-refractivity contribution < 1.29 is 0 Å². The summed E-state index contributed by atoms with van der Waals surface area (Å²) in [5.74, 6) is 0. The van der Waals surface area contributed by atoms with Gasteiger partial charge in [0, 0.05) is 136 Å². The second kappa shape index (κ2) is 37.9. The molecule has 0 aromatic heterocycles. The molecular formula is C123H96N8. The van der Waals surface area contributed by atoms with E-state index in [2.05, 4.69) is 588 Å². The van der Waals surface area contributed by atoms with Crippen molar-refractivity contribution in [2.24, 2.45) is 0 Å². The summed E-state index contributed by atoms with van der Waals surface area (Å²) >= 11 is 0. The first-order valence-corrected chi connectivity index (χ1v) is 44.7. The van der Waals surface area contributed by atoms with Gasteiger partial charge >= 0.3 is 0 Å². The molecule has 131 heavy (non-hydrogen) atoms. The lowest BCUT2D eigenvalue weighted by Crippen LogP contribution is -2.14. The van der Waals surface area contributed by atoms with Crippen LogP contribution in [-0.2, 0) is 0 Å². The maximum absolute atomic E-state index is 2.36. The molecule has 0 saturated heterocycles. The van der Waals surface area contributed by atoms with Crippen LogP contribution in [0.2, 0.25) is 0 Å². The van der Waals surface area contributed by atoms with Crippen molar-refractivity contribution in [1.29, 1.82) is 0 Å². The van der Waals surface area contributed by atoms with Crippen molar-refractivity contribution >= 4 is 169 Å². The molecule has 0 fully saturated rings. The average molecular weight is 1690 g/mol. The van der Waals surface area contributed by atoms with Gasteiger partial charge in [0.2, 0.25) is 0 Å². The van der Waals surface area contributed by atoms with Crippen LogP contribution in [0.15, 0.2) is 528 Å². The van der Waals surface area contributed by atoms with Crippen LogP contribution < -0.4 is 39.2 Å². The standard InChI is InChI=1S/C66H48N4.C57H48N4/c1-4-25-52(26-5-1)68(64-34-16-22-49-19-10-13-31-61(49)64)58-43-37-55(38-44-58)67(56-39-45-59(46-40-56)69(53-27-6-2-7-28-53)65-35-17-23-50-20-11-14-32-62(50)65)57-41-47-60(48-42-57)70(54-29-8-3-9-30-54)66-36-18-24-51-21-12-15-33-63(51)66;1-43-16-13-25-55(40-43)59(46-19-7-4-8-20-46)52-34-28-49(29-35-52)58(50-30-36-53(37-31-50)60(47-21-9-5-10-22-47)56-26-14-17-44(2)41-56)51-32-38-54(39-33-51)61(48-23-11-6-12-24-48)57-27-15-18-45(3)42-57/h1-48H;4-42H,1-3H3. The molecule has 0 aliphatic heterocycles. The fourth-order valence-corrected chi connectivity index (χ4v) is 18.0. The molecule has 21 rings (SSSR count). The Morgan fingerprint density at radius 2 is 0.244 bits per heavy atom. The van der Waals surface area contributed by atoms with E-state index >= 15 is 0 Å². The number of hydrogen-bond acceptors (Lipinski definition) is 8. The quantitative estimate of drug-likeness (QED) is 0.0591. The molecule has 0 saturated carbocycles. The summed E-state index contributed by atoms with van der Waals surface area (Å²) in [6.07, 6.45) is 0. The van der Waals surface area contributed by atoms with Gasteiger partial charge in [-0.2, -0.15) is 0 Å². The van der Waals surface area contributed by atoms with Crippen molar-refractivity contribution in [2.45, 2.75) is 20.8 Å². The lowest BCUT2D eigenvalue weighted by atomic mass is 10.1. The number of rotatable bonds is 24. The van der Waals surface area contributed by atoms with Crippen molar-refractivity contribution in [3.63, 3.8) is 0 Å². The van der Waals surface area contributed by atoms with E-state index < -0.39 is 0 Å². The van der Waals surface area contributed by atoms with Gasteiger partial charge in [-0.25, -0.2) is 0 Å². The number of hydrogen-bond donors (Lipinski definition) is 0. The molecular weight excluding hydrogens is 1590 g/mol. The molecule has 8 heteroatoms. The van der Waals surface area contributed by atoms with Crippen molar-refractivity contribution in [3.8, 4) is 0 Å². The fraction of sp³-hybridized carbons (Fsp3) is 0.0244. The molecule has 21 aromatic carbocycles. The van der Waals surface area contributed by atoms with E-state index in [0.29, 0.717) is 0 Å². The third kappa shape index (κ3) is 17.7. The highest BCUT2D eigenvalue weighted by molar-refractivity contribution is 6.03. The average Bonchev–Trinajstić information content (AvgIpc) is 0.779. The summed E-state index contributed by atoms with van der Waals surface area (Å²) < 4.78 is 0. The normalized spacial score (nSPS) is 11.0. The molecule has 628 valence electrons. The van der Waals surface area contributed by atoms with Crippen LogP contribution >= 0.6 is 0 Å². The van der Waals surface area contributed by atoms with E-state index in [1.165, 1.54) is 49.0 Å². The van der Waals surface area contributed by atoms with E-state index in [-0.39, 0.29) is 0 Å². The molecule has 0 amide bonds. The van der Waals surface area contributed by atoms with Crippen LogP contribution in [0, 0.1) is 20.8 Å². The van der Waals surface area contributed by atoms with E-state index in [9.17, 15) is 0 Å². The van der Waals surface area contributed by atoms with E-state index in [1.807, 2.05) is 0 Å². The minimum atomic E-state index is 1.04. The molecule has 8 nitrogen and oxygen atoms in total. The van der Waals surface area contributed by atoms with Crippen LogP contribution in [0.1, 0.15) is 16.7 Å². The van der Waals surface area contributed by atoms with Crippen LogP contribution in [0.3, 0.4) is 0 Å². The summed E-state index contributed by atoms with van der Waals surface area (Å²) in [7, 11) is 0. The highest BCUT2D eigenvalue weighted by Gasteiger charge is 2.25. The molecule has 0 aliphatic rings. The first-order chi connectivity index (χ1) is 64.7. The Morgan fingerprint density at radius 3 is 0.443 bits per heavy atom. The minimum Gasteiger partial charge on any atom is -0.310 e. The second-order valence-corrected chi connectivity index (χ2v) is 32.8. The highest BCUT2D eigenvalue weighted by Crippen LogP contribution is 2.49. The summed E-state index contributed by atoms with van der Waals surface area (Å²) in [6.45, 7) is 6.43. The van der Waals surface area contributed by atoms with Gasteiger partial charge in [0.05, 0.1) is 17.1 Å². The minimum absolute atomic E-state index is 1.04. The lowest BCUT2D eigenvalue weighted by molar-refractivity contribution is 1.23. The van der Waals surface area contributed by atoms with Gasteiger partial charge in [-0.15, -0.1) is 0 Å². The zero-order valence-corrected chi connectivity index (χ0v) is 73.3. The van der Waals surface area contributed by atoms with E-state index in [1.54, 1.807) is 0 Å². The smallest absolute Gasteiger partial charge is 0.0540 e. The van der Waals surface area contributed by atoms with Gasteiger partial charge in [-0.1, -0.05) is 255 Å². The predicted octanol–water partition coefficient (Wildman–Crippen LogP) is 35.5. The Balaban J connectivity index is 0.000000165. The number of benzene rings is 21. The lowest BCUT2D eigenvalue weighted by Gasteiger charge is -2.31. The number of anilines is 24. The topological polar surface area (TPSA) is 25.9 Å². The second-order valence-electron chi connectivity index (χ2n) is 32.8. The van der Waals surface area contributed by atoms with Gasteiger partial charge in [0.15, 0.2) is 0 Å². The summed E-state index contributed by atoms with van der Waals surface area (Å²) in [4.78, 5) is 18.7. The highest BCUT2D eigenvalue weighted by atomic mass is 15.2. The molecule has 0 N–H and O–H groups in total. The van der Waals surface area contributed by atoms with Gasteiger partial charge in [-0.3, -0.25) is 0 Å². The number of para-hydroxylation sites is 6. The van der Waals surface area contributed by atoms with E-state index in [4.69, 9.17) is 0 Å². The molecule has 0 heterocycles. The van der Waals surface area contributed by atoms with Crippen LogP contribution in [0.4, 0.5) is 136 Å². The Kier molecular flexibility index (Phi) is 23.8. The van der Waals surface area contributed by atoms with Crippen molar-refractivity contribution in [3.05, 3.63) is 544 Å². The first kappa shape index (κ1) is 82.1. The van der Waals surface area contributed by atoms with Crippen LogP contribution in [0.5, 0.6) is 0 Å². The third-order valence-corrected chi connectivity index (χ3v) is 24.1. The predicted molar refractivity (Wildman–Crippen MR) is 557 cm³/mol.